The zero-order chi connectivity index (χ0) is 18.7. The molecule has 0 spiro atoms. The number of nitrogens with one attached hydrogen (secondary N) is 1. The monoisotopic (exact) mass is 361 g/mol. The largest absolute Gasteiger partial charge is 0.454 e. The second kappa shape index (κ2) is 7.95. The van der Waals surface area contributed by atoms with Crippen LogP contribution in [0, 0.1) is 5.92 Å². The predicted molar refractivity (Wildman–Crippen MR) is 97.4 cm³/mol. The first-order chi connectivity index (χ1) is 12.4. The maximum absolute atomic E-state index is 12.9. The zero-order valence-electron chi connectivity index (χ0n) is 15.7. The van der Waals surface area contributed by atoms with Gasteiger partial charge in [0.1, 0.15) is 6.04 Å². The molecule has 0 aliphatic carbocycles. The maximum atomic E-state index is 12.9. The summed E-state index contributed by atoms with van der Waals surface area (Å²) in [5, 5.41) is 2.92. The number of rotatable bonds is 5. The Morgan fingerprint density at radius 3 is 2.50 bits per heavy atom. The van der Waals surface area contributed by atoms with Crippen LogP contribution in [0.25, 0.3) is 0 Å². The van der Waals surface area contributed by atoms with Crippen LogP contribution in [-0.2, 0) is 4.79 Å². The lowest BCUT2D eigenvalue weighted by Crippen LogP contribution is -2.54. The lowest BCUT2D eigenvalue weighted by atomic mass is 10.0. The van der Waals surface area contributed by atoms with Gasteiger partial charge in [0.25, 0.3) is 5.91 Å². The van der Waals surface area contributed by atoms with Crippen LogP contribution in [0.1, 0.15) is 30.6 Å². The van der Waals surface area contributed by atoms with Gasteiger partial charge in [0.05, 0.1) is 0 Å². The Kier molecular flexibility index (Phi) is 5.66. The minimum Gasteiger partial charge on any atom is -0.454 e. The van der Waals surface area contributed by atoms with Crippen molar-refractivity contribution in [1.82, 2.24) is 15.1 Å². The van der Waals surface area contributed by atoms with Crippen molar-refractivity contribution in [2.24, 2.45) is 5.92 Å². The van der Waals surface area contributed by atoms with Gasteiger partial charge in [-0.05, 0) is 37.6 Å². The second-order valence-corrected chi connectivity index (χ2v) is 7.35. The smallest absolute Gasteiger partial charge is 0.252 e. The molecule has 1 saturated heterocycles. The summed E-state index contributed by atoms with van der Waals surface area (Å²) in [6.07, 6.45) is 0.613. The van der Waals surface area contributed by atoms with Crippen molar-refractivity contribution in [1.29, 1.82) is 0 Å². The van der Waals surface area contributed by atoms with E-state index >= 15 is 0 Å². The molecule has 142 valence electrons. The Hall–Kier alpha value is -2.28. The minimum absolute atomic E-state index is 0.000827. The summed E-state index contributed by atoms with van der Waals surface area (Å²) in [5.41, 5.74) is 0.467. The van der Waals surface area contributed by atoms with Crippen LogP contribution in [-0.4, -0.2) is 67.7 Å². The molecule has 2 amide bonds. The Morgan fingerprint density at radius 2 is 1.81 bits per heavy atom. The van der Waals surface area contributed by atoms with E-state index in [0.29, 0.717) is 42.5 Å². The highest BCUT2D eigenvalue weighted by Crippen LogP contribution is 2.32. The summed E-state index contributed by atoms with van der Waals surface area (Å²) in [6, 6.07) is 4.55. The molecule has 1 aromatic carbocycles. The van der Waals surface area contributed by atoms with Crippen LogP contribution < -0.4 is 14.8 Å². The van der Waals surface area contributed by atoms with E-state index in [1.165, 1.54) is 0 Å². The molecule has 1 fully saturated rings. The molecule has 2 aliphatic heterocycles. The molecule has 7 heteroatoms. The van der Waals surface area contributed by atoms with Crippen LogP contribution in [0.2, 0.25) is 0 Å². The van der Waals surface area contributed by atoms with Crippen molar-refractivity contribution in [2.45, 2.75) is 26.3 Å². The number of amides is 2. The number of carbonyl (C=O) groups is 2. The second-order valence-electron chi connectivity index (χ2n) is 7.35. The van der Waals surface area contributed by atoms with Crippen molar-refractivity contribution in [3.63, 3.8) is 0 Å². The number of carbonyl (C=O) groups excluding carboxylic acids is 2. The number of hydrogen-bond donors (Lipinski definition) is 1. The fourth-order valence-electron chi connectivity index (χ4n) is 3.22. The van der Waals surface area contributed by atoms with Gasteiger partial charge in [-0.1, -0.05) is 13.8 Å². The summed E-state index contributed by atoms with van der Waals surface area (Å²) in [7, 11) is 2.05. The summed E-state index contributed by atoms with van der Waals surface area (Å²) in [6.45, 7) is 7.38. The molecule has 26 heavy (non-hydrogen) atoms. The molecular weight excluding hydrogens is 334 g/mol. The van der Waals surface area contributed by atoms with Gasteiger partial charge < -0.3 is 24.6 Å². The molecule has 3 rings (SSSR count). The first-order valence-electron chi connectivity index (χ1n) is 9.12. The highest BCUT2D eigenvalue weighted by Gasteiger charge is 2.29. The highest BCUT2D eigenvalue weighted by molar-refractivity contribution is 5.98. The molecule has 0 saturated carbocycles. The standard InChI is InChI=1S/C19H27N3O4/c1-13(2)10-15(19(24)22-8-6-21(3)7-9-22)20-18(23)14-4-5-16-17(11-14)26-12-25-16/h4-5,11,13,15H,6-10,12H2,1-3H3,(H,20,23)/t15-/m1/s1. The molecule has 2 aliphatic rings. The number of fused-ring (bicyclic) bond motifs is 1. The number of ether oxygens (including phenoxy) is 2. The van der Waals surface area contributed by atoms with E-state index in [-0.39, 0.29) is 18.6 Å². The van der Waals surface area contributed by atoms with Crippen molar-refractivity contribution >= 4 is 11.8 Å². The number of benzene rings is 1. The third-order valence-corrected chi connectivity index (χ3v) is 4.76. The summed E-state index contributed by atoms with van der Waals surface area (Å²) in [5.74, 6) is 1.23. The fourth-order valence-corrected chi connectivity index (χ4v) is 3.22. The van der Waals surface area contributed by atoms with Crippen LogP contribution in [0.5, 0.6) is 11.5 Å². The van der Waals surface area contributed by atoms with E-state index in [1.807, 2.05) is 4.90 Å². The number of hydrogen-bond acceptors (Lipinski definition) is 5. The summed E-state index contributed by atoms with van der Waals surface area (Å²) >= 11 is 0. The molecule has 2 heterocycles. The normalized spacial score (nSPS) is 18.1. The van der Waals surface area contributed by atoms with Gasteiger partial charge >= 0.3 is 0 Å². The van der Waals surface area contributed by atoms with E-state index in [4.69, 9.17) is 9.47 Å². The van der Waals surface area contributed by atoms with E-state index in [0.717, 1.165) is 13.1 Å². The van der Waals surface area contributed by atoms with E-state index in [1.54, 1.807) is 18.2 Å². The van der Waals surface area contributed by atoms with E-state index < -0.39 is 6.04 Å². The maximum Gasteiger partial charge on any atom is 0.252 e. The molecule has 0 radical (unpaired) electrons. The first kappa shape index (κ1) is 18.5. The predicted octanol–water partition coefficient (Wildman–Crippen LogP) is 1.33. The van der Waals surface area contributed by atoms with Gasteiger partial charge in [-0.15, -0.1) is 0 Å². The third kappa shape index (κ3) is 4.27. The quantitative estimate of drug-likeness (QED) is 0.857. The number of piperazine rings is 1. The zero-order valence-corrected chi connectivity index (χ0v) is 15.7. The van der Waals surface area contributed by atoms with Gasteiger partial charge in [0.2, 0.25) is 12.7 Å². The van der Waals surface area contributed by atoms with E-state index in [2.05, 4.69) is 31.1 Å². The topological polar surface area (TPSA) is 71.1 Å². The molecule has 7 nitrogen and oxygen atoms in total. The molecular formula is C19H27N3O4. The van der Waals surface area contributed by atoms with Crippen LogP contribution in [0.4, 0.5) is 0 Å². The third-order valence-electron chi connectivity index (χ3n) is 4.76. The average Bonchev–Trinajstić information content (AvgIpc) is 3.08. The van der Waals surface area contributed by atoms with Crippen LogP contribution >= 0.6 is 0 Å². The van der Waals surface area contributed by atoms with Crippen molar-refractivity contribution in [2.75, 3.05) is 40.0 Å². The fraction of sp³-hybridized carbons (Fsp3) is 0.579. The first-order valence-corrected chi connectivity index (χ1v) is 9.12. The lowest BCUT2D eigenvalue weighted by molar-refractivity contribution is -0.135. The lowest BCUT2D eigenvalue weighted by Gasteiger charge is -2.35. The van der Waals surface area contributed by atoms with Crippen LogP contribution in [0.15, 0.2) is 18.2 Å². The summed E-state index contributed by atoms with van der Waals surface area (Å²) < 4.78 is 10.6. The molecule has 1 atom stereocenters. The number of likely N-dealkylation sites (N-methyl/N-ethyl adjacent to an activating group) is 1. The van der Waals surface area contributed by atoms with Gasteiger partial charge in [-0.25, -0.2) is 0 Å². The SMILES string of the molecule is CC(C)C[C@@H](NC(=O)c1ccc2c(c1)OCO2)C(=O)N1CCN(C)CC1. The van der Waals surface area contributed by atoms with Gasteiger partial charge in [-0.2, -0.15) is 0 Å². The summed E-state index contributed by atoms with van der Waals surface area (Å²) in [4.78, 5) is 29.7. The Balaban J connectivity index is 1.69. The molecule has 0 unspecified atom stereocenters. The number of nitrogens with zero attached hydrogens (tertiary/aromatic N) is 2. The van der Waals surface area contributed by atoms with Crippen molar-refractivity contribution in [3.05, 3.63) is 23.8 Å². The minimum atomic E-state index is -0.517. The highest BCUT2D eigenvalue weighted by atomic mass is 16.7. The average molecular weight is 361 g/mol. The Bertz CT molecular complexity index is 669. The van der Waals surface area contributed by atoms with Gasteiger partial charge in [-0.3, -0.25) is 9.59 Å². The van der Waals surface area contributed by atoms with Crippen molar-refractivity contribution in [3.8, 4) is 11.5 Å². The molecule has 0 aromatic heterocycles. The van der Waals surface area contributed by atoms with Gasteiger partial charge in [0.15, 0.2) is 11.5 Å². The molecule has 1 N–H and O–H groups in total. The van der Waals surface area contributed by atoms with E-state index in [9.17, 15) is 9.59 Å². The van der Waals surface area contributed by atoms with Crippen LogP contribution in [0.3, 0.4) is 0 Å². The Morgan fingerprint density at radius 1 is 1.12 bits per heavy atom. The molecule has 0 bridgehead atoms. The Labute approximate surface area is 154 Å². The van der Waals surface area contributed by atoms with Crippen molar-refractivity contribution < 1.29 is 19.1 Å². The molecule has 1 aromatic rings. The van der Waals surface area contributed by atoms with Gasteiger partial charge in [0, 0.05) is 31.7 Å².